The summed E-state index contributed by atoms with van der Waals surface area (Å²) < 4.78 is 8.73. The summed E-state index contributed by atoms with van der Waals surface area (Å²) >= 11 is 10.9. The summed E-state index contributed by atoms with van der Waals surface area (Å²) in [5.41, 5.74) is 0.734. The number of ether oxygens (including phenoxy) is 1. The van der Waals surface area contributed by atoms with E-state index in [4.69, 9.17) is 16.3 Å². The van der Waals surface area contributed by atoms with Gasteiger partial charge in [-0.05, 0) is 54.0 Å². The number of amides is 1. The first kappa shape index (κ1) is 21.7. The van der Waals surface area contributed by atoms with Crippen molar-refractivity contribution in [2.24, 2.45) is 0 Å². The van der Waals surface area contributed by atoms with E-state index in [9.17, 15) is 4.79 Å². The molecule has 0 bridgehead atoms. The Morgan fingerprint density at radius 3 is 2.69 bits per heavy atom. The minimum Gasteiger partial charge on any atom is -0.481 e. The average Bonchev–Trinajstić information content (AvgIpc) is 3.13. The van der Waals surface area contributed by atoms with E-state index in [1.54, 1.807) is 6.07 Å². The zero-order chi connectivity index (χ0) is 20.8. The molecule has 3 rings (SSSR count). The molecular weight excluding hydrogens is 476 g/mol. The fraction of sp³-hybridized carbons (Fsp3) is 0.250. The minimum atomic E-state index is -0.342. The van der Waals surface area contributed by atoms with Gasteiger partial charge in [-0.2, -0.15) is 0 Å². The second-order valence-corrected chi connectivity index (χ2v) is 8.30. The van der Waals surface area contributed by atoms with Crippen LogP contribution in [0.2, 0.25) is 5.02 Å². The number of anilines is 1. The summed E-state index contributed by atoms with van der Waals surface area (Å²) in [6, 6.07) is 14.8. The van der Waals surface area contributed by atoms with Crippen molar-refractivity contribution < 1.29 is 9.53 Å². The van der Waals surface area contributed by atoms with Crippen molar-refractivity contribution in [2.45, 2.75) is 31.7 Å². The van der Waals surface area contributed by atoms with Crippen molar-refractivity contribution in [3.05, 3.63) is 63.9 Å². The predicted molar refractivity (Wildman–Crippen MR) is 120 cm³/mol. The minimum absolute atomic E-state index is 0.116. The molecule has 0 aliphatic carbocycles. The molecule has 1 N–H and O–H groups in total. The molecule has 9 heteroatoms. The monoisotopic (exact) mass is 494 g/mol. The summed E-state index contributed by atoms with van der Waals surface area (Å²) in [7, 11) is 0. The van der Waals surface area contributed by atoms with Crippen LogP contribution in [0.1, 0.15) is 25.8 Å². The van der Waals surface area contributed by atoms with Crippen LogP contribution >= 0.6 is 39.3 Å². The van der Waals surface area contributed by atoms with Crippen molar-refractivity contribution >= 4 is 50.9 Å². The summed E-state index contributed by atoms with van der Waals surface area (Å²) in [4.78, 5) is 12.3. The van der Waals surface area contributed by atoms with Crippen molar-refractivity contribution in [3.63, 3.8) is 0 Å². The molecule has 0 spiro atoms. The van der Waals surface area contributed by atoms with Crippen LogP contribution in [0.15, 0.2) is 58.2 Å². The lowest BCUT2D eigenvalue weighted by atomic mass is 10.3. The molecule has 1 atom stereocenters. The maximum absolute atomic E-state index is 12.3. The number of hydrogen-bond acceptors (Lipinski definition) is 5. The van der Waals surface area contributed by atoms with Crippen molar-refractivity contribution in [1.29, 1.82) is 0 Å². The number of halogens is 2. The first-order valence-corrected chi connectivity index (χ1v) is 11.2. The van der Waals surface area contributed by atoms with Gasteiger partial charge < -0.3 is 14.6 Å². The third kappa shape index (κ3) is 5.52. The molecule has 1 amide bonds. The number of aromatic nitrogens is 3. The second-order valence-electron chi connectivity index (χ2n) is 6.09. The standard InChI is InChI=1S/C20H20BrClN4O2S/c1-3-26-19(13(2)28-17-11-7-5-9-15(17)22)24-25-20(26)29-12-18(27)23-16-10-6-4-8-14(16)21/h4-11,13H,3,12H2,1-2H3,(H,23,27). The molecule has 152 valence electrons. The van der Waals surface area contributed by atoms with E-state index in [2.05, 4.69) is 31.4 Å². The normalized spacial score (nSPS) is 11.9. The van der Waals surface area contributed by atoms with Crippen LogP contribution in [0.3, 0.4) is 0 Å². The highest BCUT2D eigenvalue weighted by atomic mass is 79.9. The Morgan fingerprint density at radius 2 is 1.97 bits per heavy atom. The molecule has 0 aliphatic rings. The SMILES string of the molecule is CCn1c(SCC(=O)Nc2ccccc2Br)nnc1C(C)Oc1ccccc1Cl. The summed E-state index contributed by atoms with van der Waals surface area (Å²) in [6.45, 7) is 4.56. The molecule has 6 nitrogen and oxygen atoms in total. The molecule has 29 heavy (non-hydrogen) atoms. The van der Waals surface area contributed by atoms with Gasteiger partial charge in [-0.25, -0.2) is 0 Å². The predicted octanol–water partition coefficient (Wildman–Crippen LogP) is 5.58. The van der Waals surface area contributed by atoms with Crippen LogP contribution in [0.5, 0.6) is 5.75 Å². The molecular formula is C20H20BrClN4O2S. The molecule has 1 heterocycles. The molecule has 1 unspecified atom stereocenters. The molecule has 3 aromatic rings. The Balaban J connectivity index is 1.65. The number of benzene rings is 2. The number of carbonyl (C=O) groups excluding carboxylic acids is 1. The van der Waals surface area contributed by atoms with Gasteiger partial charge in [0.05, 0.1) is 16.5 Å². The Labute approximate surface area is 187 Å². The van der Waals surface area contributed by atoms with Gasteiger partial charge in [0.15, 0.2) is 17.1 Å². The van der Waals surface area contributed by atoms with E-state index < -0.39 is 0 Å². The number of nitrogens with zero attached hydrogens (tertiary/aromatic N) is 3. The molecule has 1 aromatic heterocycles. The number of carbonyl (C=O) groups is 1. The highest BCUT2D eigenvalue weighted by molar-refractivity contribution is 9.10. The lowest BCUT2D eigenvalue weighted by Gasteiger charge is -2.16. The van der Waals surface area contributed by atoms with Gasteiger partial charge >= 0.3 is 0 Å². The lowest BCUT2D eigenvalue weighted by Crippen LogP contribution is -2.15. The summed E-state index contributed by atoms with van der Waals surface area (Å²) in [5, 5.41) is 12.6. The van der Waals surface area contributed by atoms with E-state index >= 15 is 0 Å². The zero-order valence-electron chi connectivity index (χ0n) is 15.9. The van der Waals surface area contributed by atoms with Crippen LogP contribution in [0.4, 0.5) is 5.69 Å². The fourth-order valence-corrected chi connectivity index (χ4v) is 4.04. The fourth-order valence-electron chi connectivity index (χ4n) is 2.67. The van der Waals surface area contributed by atoms with Crippen LogP contribution < -0.4 is 10.1 Å². The number of para-hydroxylation sites is 2. The van der Waals surface area contributed by atoms with E-state index in [1.807, 2.05) is 60.9 Å². The number of thioether (sulfide) groups is 1. The first-order chi connectivity index (χ1) is 14.0. The average molecular weight is 496 g/mol. The van der Waals surface area contributed by atoms with Crippen LogP contribution in [-0.4, -0.2) is 26.4 Å². The third-order valence-corrected chi connectivity index (χ3v) is 6.02. The summed E-state index contributed by atoms with van der Waals surface area (Å²) in [6.07, 6.45) is -0.342. The smallest absolute Gasteiger partial charge is 0.234 e. The highest BCUT2D eigenvalue weighted by Gasteiger charge is 2.20. The number of nitrogens with one attached hydrogen (secondary N) is 1. The van der Waals surface area contributed by atoms with Gasteiger partial charge in [0.1, 0.15) is 5.75 Å². The molecule has 0 saturated heterocycles. The Kier molecular flexibility index (Phi) is 7.57. The Morgan fingerprint density at radius 1 is 1.24 bits per heavy atom. The van der Waals surface area contributed by atoms with Gasteiger partial charge in [0, 0.05) is 11.0 Å². The van der Waals surface area contributed by atoms with Crippen molar-refractivity contribution in [1.82, 2.24) is 14.8 Å². The quantitative estimate of drug-likeness (QED) is 0.413. The van der Waals surface area contributed by atoms with Gasteiger partial charge in [-0.3, -0.25) is 4.79 Å². The largest absolute Gasteiger partial charge is 0.481 e. The van der Waals surface area contributed by atoms with Crippen LogP contribution in [0, 0.1) is 0 Å². The van der Waals surface area contributed by atoms with Gasteiger partial charge in [-0.15, -0.1) is 10.2 Å². The van der Waals surface area contributed by atoms with Crippen LogP contribution in [0.25, 0.3) is 0 Å². The zero-order valence-corrected chi connectivity index (χ0v) is 19.1. The molecule has 0 saturated carbocycles. The molecule has 2 aromatic carbocycles. The van der Waals surface area contributed by atoms with Gasteiger partial charge in [-0.1, -0.05) is 47.6 Å². The Bertz CT molecular complexity index is 998. The third-order valence-electron chi connectivity index (χ3n) is 4.05. The lowest BCUT2D eigenvalue weighted by molar-refractivity contribution is -0.113. The van der Waals surface area contributed by atoms with E-state index in [0.29, 0.717) is 28.3 Å². The Hall–Kier alpha value is -2.03. The molecule has 0 aliphatic heterocycles. The van der Waals surface area contributed by atoms with Gasteiger partial charge in [0.2, 0.25) is 5.91 Å². The summed E-state index contributed by atoms with van der Waals surface area (Å²) in [5.74, 6) is 1.38. The van der Waals surface area contributed by atoms with Crippen molar-refractivity contribution in [3.8, 4) is 5.75 Å². The first-order valence-electron chi connectivity index (χ1n) is 9.01. The maximum Gasteiger partial charge on any atom is 0.234 e. The number of hydrogen-bond donors (Lipinski definition) is 1. The van der Waals surface area contributed by atoms with Crippen LogP contribution in [-0.2, 0) is 11.3 Å². The van der Waals surface area contributed by atoms with E-state index in [1.165, 1.54) is 11.8 Å². The molecule has 0 fully saturated rings. The van der Waals surface area contributed by atoms with Crippen molar-refractivity contribution in [2.75, 3.05) is 11.1 Å². The molecule has 0 radical (unpaired) electrons. The van der Waals surface area contributed by atoms with E-state index in [-0.39, 0.29) is 17.8 Å². The highest BCUT2D eigenvalue weighted by Crippen LogP contribution is 2.29. The topological polar surface area (TPSA) is 69.0 Å². The number of rotatable bonds is 8. The van der Waals surface area contributed by atoms with Gasteiger partial charge in [0.25, 0.3) is 0 Å². The second kappa shape index (κ2) is 10.1. The maximum atomic E-state index is 12.3. The van der Waals surface area contributed by atoms with E-state index in [0.717, 1.165) is 10.2 Å².